The molecule has 2 aromatic rings. The Labute approximate surface area is 167 Å². The van der Waals surface area contributed by atoms with Crippen molar-refractivity contribution in [3.05, 3.63) is 48.0 Å². The molecule has 2 saturated carbocycles. The Morgan fingerprint density at radius 1 is 1.25 bits per heavy atom. The van der Waals surface area contributed by atoms with Crippen LogP contribution in [0.15, 0.2) is 36.7 Å². The third-order valence-corrected chi connectivity index (χ3v) is 6.83. The number of aryl methyl sites for hydroxylation is 1. The van der Waals surface area contributed by atoms with Gasteiger partial charge in [-0.25, -0.2) is 4.98 Å². The lowest BCUT2D eigenvalue weighted by molar-refractivity contribution is -0.125. The third-order valence-electron chi connectivity index (χ3n) is 6.83. The van der Waals surface area contributed by atoms with E-state index in [1.165, 1.54) is 31.2 Å². The van der Waals surface area contributed by atoms with Gasteiger partial charge < -0.3 is 14.6 Å². The molecule has 150 valence electrons. The van der Waals surface area contributed by atoms with E-state index in [4.69, 9.17) is 4.74 Å². The maximum atomic E-state index is 12.9. The molecule has 1 aromatic carbocycles. The van der Waals surface area contributed by atoms with E-state index in [0.717, 1.165) is 11.6 Å². The van der Waals surface area contributed by atoms with E-state index in [1.807, 2.05) is 25.3 Å². The minimum absolute atomic E-state index is 0.115. The number of carbonyl (C=O) groups excluding carboxylic acids is 1. The summed E-state index contributed by atoms with van der Waals surface area (Å²) in [5.74, 6) is 3.72. The summed E-state index contributed by atoms with van der Waals surface area (Å²) >= 11 is 0. The third kappa shape index (κ3) is 3.54. The molecule has 2 fully saturated rings. The molecule has 1 N–H and O–H groups in total. The number of nitrogens with zero attached hydrogens (tertiary/aromatic N) is 2. The minimum atomic E-state index is 0.115. The monoisotopic (exact) mass is 381 g/mol. The Hall–Kier alpha value is -2.30. The summed E-state index contributed by atoms with van der Waals surface area (Å²) in [4.78, 5) is 17.1. The van der Waals surface area contributed by atoms with Gasteiger partial charge in [-0.05, 0) is 56.2 Å². The molecule has 1 heterocycles. The van der Waals surface area contributed by atoms with Gasteiger partial charge in [-0.15, -0.1) is 0 Å². The molecule has 0 bridgehead atoms. The lowest BCUT2D eigenvalue weighted by Crippen LogP contribution is -2.59. The van der Waals surface area contributed by atoms with Crippen LogP contribution in [-0.2, 0) is 4.79 Å². The van der Waals surface area contributed by atoms with E-state index in [2.05, 4.69) is 33.9 Å². The van der Waals surface area contributed by atoms with Crippen LogP contribution in [0.2, 0.25) is 0 Å². The van der Waals surface area contributed by atoms with Gasteiger partial charge in [0.25, 0.3) is 0 Å². The van der Waals surface area contributed by atoms with Crippen molar-refractivity contribution in [2.24, 2.45) is 11.8 Å². The molecule has 1 aromatic heterocycles. The molecule has 0 radical (unpaired) electrons. The van der Waals surface area contributed by atoms with Crippen molar-refractivity contribution in [1.82, 2.24) is 14.9 Å². The van der Waals surface area contributed by atoms with Crippen LogP contribution in [0.25, 0.3) is 0 Å². The summed E-state index contributed by atoms with van der Waals surface area (Å²) in [6.45, 7) is 4.06. The fraction of sp³-hybridized carbons (Fsp3) is 0.565. The number of hydrogen-bond acceptors (Lipinski definition) is 3. The number of carbonyl (C=O) groups is 1. The molecule has 4 rings (SSSR count). The second-order valence-corrected chi connectivity index (χ2v) is 8.44. The first kappa shape index (κ1) is 19.0. The number of rotatable bonds is 6. The number of aromatic nitrogens is 2. The highest BCUT2D eigenvalue weighted by atomic mass is 16.5. The zero-order valence-corrected chi connectivity index (χ0v) is 17.1. The van der Waals surface area contributed by atoms with Gasteiger partial charge in [0.05, 0.1) is 7.11 Å². The van der Waals surface area contributed by atoms with E-state index >= 15 is 0 Å². The highest BCUT2D eigenvalue weighted by Crippen LogP contribution is 2.54. The van der Waals surface area contributed by atoms with Crippen LogP contribution >= 0.6 is 0 Å². The van der Waals surface area contributed by atoms with Gasteiger partial charge in [-0.1, -0.05) is 25.0 Å². The Morgan fingerprint density at radius 3 is 2.61 bits per heavy atom. The summed E-state index contributed by atoms with van der Waals surface area (Å²) in [6, 6.07) is 8.78. The molecule has 1 amide bonds. The SMILES string of the molecule is COc1ccc([C@H]2C3CCCCC3[C@@H]2NC(=O)CC(C)n2ccnc2C)cc1. The molecule has 28 heavy (non-hydrogen) atoms. The molecule has 5 atom stereocenters. The summed E-state index contributed by atoms with van der Waals surface area (Å²) in [6.07, 6.45) is 9.34. The smallest absolute Gasteiger partial charge is 0.222 e. The maximum absolute atomic E-state index is 12.9. The molecule has 2 aliphatic carbocycles. The molecular weight excluding hydrogens is 350 g/mol. The van der Waals surface area contributed by atoms with Crippen molar-refractivity contribution in [2.45, 2.75) is 64.0 Å². The number of fused-ring (bicyclic) bond motifs is 1. The van der Waals surface area contributed by atoms with Crippen LogP contribution in [0.5, 0.6) is 5.75 Å². The van der Waals surface area contributed by atoms with Crippen LogP contribution in [-0.4, -0.2) is 28.6 Å². The number of ether oxygens (including phenoxy) is 1. The highest BCUT2D eigenvalue weighted by molar-refractivity contribution is 5.77. The van der Waals surface area contributed by atoms with Crippen LogP contribution in [0, 0.1) is 18.8 Å². The second-order valence-electron chi connectivity index (χ2n) is 8.44. The van der Waals surface area contributed by atoms with Crippen LogP contribution < -0.4 is 10.1 Å². The summed E-state index contributed by atoms with van der Waals surface area (Å²) in [7, 11) is 1.70. The lowest BCUT2D eigenvalue weighted by atomic mass is 9.53. The van der Waals surface area contributed by atoms with Gasteiger partial charge in [0, 0.05) is 36.8 Å². The van der Waals surface area contributed by atoms with Crippen LogP contribution in [0.3, 0.4) is 0 Å². The van der Waals surface area contributed by atoms with E-state index in [-0.39, 0.29) is 18.0 Å². The van der Waals surface area contributed by atoms with Gasteiger partial charge in [0.2, 0.25) is 5.91 Å². The van der Waals surface area contributed by atoms with E-state index < -0.39 is 0 Å². The normalized spacial score (nSPS) is 27.4. The Morgan fingerprint density at radius 2 is 1.96 bits per heavy atom. The molecule has 0 saturated heterocycles. The molecule has 5 nitrogen and oxygen atoms in total. The molecule has 2 aliphatic rings. The average molecular weight is 382 g/mol. The zero-order valence-electron chi connectivity index (χ0n) is 17.1. The number of imidazole rings is 1. The summed E-state index contributed by atoms with van der Waals surface area (Å²) in [5.41, 5.74) is 1.33. The number of benzene rings is 1. The standard InChI is InChI=1S/C23H31N3O2/c1-15(26-13-12-24-16(26)2)14-21(27)25-23-20-7-5-4-6-19(20)22(23)17-8-10-18(28-3)11-9-17/h8-13,15,19-20,22-23H,4-7,14H2,1-3H3,(H,25,27)/t15?,19?,20?,22-,23-/m0/s1. The number of nitrogens with one attached hydrogen (secondary N) is 1. The molecule has 3 unspecified atom stereocenters. The van der Waals surface area contributed by atoms with E-state index in [9.17, 15) is 4.79 Å². The van der Waals surface area contributed by atoms with Crippen LogP contribution in [0.1, 0.15) is 62.4 Å². The highest BCUT2D eigenvalue weighted by Gasteiger charge is 2.51. The Kier molecular flexibility index (Phi) is 5.42. The fourth-order valence-electron chi connectivity index (χ4n) is 5.41. The number of hydrogen-bond donors (Lipinski definition) is 1. The lowest BCUT2D eigenvalue weighted by Gasteiger charge is -2.55. The van der Waals surface area contributed by atoms with Crippen molar-refractivity contribution >= 4 is 5.91 Å². The molecule has 5 heteroatoms. The topological polar surface area (TPSA) is 56.1 Å². The summed E-state index contributed by atoms with van der Waals surface area (Å²) in [5, 5.41) is 3.40. The predicted molar refractivity (Wildman–Crippen MR) is 109 cm³/mol. The first-order valence-electron chi connectivity index (χ1n) is 10.5. The first-order chi connectivity index (χ1) is 13.6. The minimum Gasteiger partial charge on any atom is -0.497 e. The van der Waals surface area contributed by atoms with Crippen LogP contribution in [0.4, 0.5) is 0 Å². The van der Waals surface area contributed by atoms with E-state index in [0.29, 0.717) is 24.2 Å². The zero-order chi connectivity index (χ0) is 19.7. The van der Waals surface area contributed by atoms with Crippen molar-refractivity contribution < 1.29 is 9.53 Å². The second kappa shape index (κ2) is 7.98. The predicted octanol–water partition coefficient (Wildman–Crippen LogP) is 4.24. The Bertz CT molecular complexity index is 814. The van der Waals surface area contributed by atoms with Crippen molar-refractivity contribution in [3.8, 4) is 5.75 Å². The van der Waals surface area contributed by atoms with Gasteiger partial charge in [-0.3, -0.25) is 4.79 Å². The molecule has 0 spiro atoms. The fourth-order valence-corrected chi connectivity index (χ4v) is 5.41. The van der Waals surface area contributed by atoms with Crippen molar-refractivity contribution in [1.29, 1.82) is 0 Å². The first-order valence-corrected chi connectivity index (χ1v) is 10.5. The van der Waals surface area contributed by atoms with E-state index in [1.54, 1.807) is 13.3 Å². The van der Waals surface area contributed by atoms with Gasteiger partial charge in [-0.2, -0.15) is 0 Å². The average Bonchev–Trinajstić information content (AvgIpc) is 3.13. The number of methoxy groups -OCH3 is 1. The van der Waals surface area contributed by atoms with Crippen molar-refractivity contribution in [3.63, 3.8) is 0 Å². The molecular formula is C23H31N3O2. The maximum Gasteiger partial charge on any atom is 0.222 e. The van der Waals surface area contributed by atoms with Gasteiger partial charge >= 0.3 is 0 Å². The van der Waals surface area contributed by atoms with Gasteiger partial charge in [0.1, 0.15) is 11.6 Å². The summed E-state index contributed by atoms with van der Waals surface area (Å²) < 4.78 is 7.38. The Balaban J connectivity index is 1.46. The largest absolute Gasteiger partial charge is 0.497 e. The van der Waals surface area contributed by atoms with Gasteiger partial charge in [0.15, 0.2) is 0 Å². The van der Waals surface area contributed by atoms with Crippen molar-refractivity contribution in [2.75, 3.05) is 7.11 Å². The quantitative estimate of drug-likeness (QED) is 0.814. The number of amides is 1. The molecule has 0 aliphatic heterocycles.